The lowest BCUT2D eigenvalue weighted by molar-refractivity contribution is -0.128. The number of hydrogen-bond donors (Lipinski definition) is 1. The number of hydrogen-bond acceptors (Lipinski definition) is 4. The van der Waals surface area contributed by atoms with E-state index in [9.17, 15) is 4.79 Å². The molecule has 0 radical (unpaired) electrons. The average Bonchev–Trinajstić information content (AvgIpc) is 2.76. The molecule has 152 valence electrons. The largest absolute Gasteiger partial charge is 0.497 e. The Balaban J connectivity index is 1.78. The van der Waals surface area contributed by atoms with Crippen LogP contribution in [0.3, 0.4) is 0 Å². The SMILES string of the molecule is CC[C@H](Oc1cccc2ccccc12)C(=O)N[C@H](C)c1cc(OC)ccc1OC. The number of amides is 1. The fourth-order valence-electron chi connectivity index (χ4n) is 3.34. The van der Waals surface area contributed by atoms with Crippen molar-refractivity contribution < 1.29 is 19.0 Å². The minimum absolute atomic E-state index is 0.169. The summed E-state index contributed by atoms with van der Waals surface area (Å²) < 4.78 is 16.9. The first-order chi connectivity index (χ1) is 14.1. The molecule has 0 unspecified atom stereocenters. The van der Waals surface area contributed by atoms with Crippen molar-refractivity contribution in [2.75, 3.05) is 14.2 Å². The molecular formula is C24H27NO4. The second-order valence-electron chi connectivity index (χ2n) is 6.83. The van der Waals surface area contributed by atoms with Crippen LogP contribution in [0.5, 0.6) is 17.2 Å². The second kappa shape index (κ2) is 9.32. The van der Waals surface area contributed by atoms with Gasteiger partial charge in [-0.25, -0.2) is 0 Å². The number of methoxy groups -OCH3 is 2. The molecule has 0 aromatic heterocycles. The maximum atomic E-state index is 12.9. The zero-order valence-corrected chi connectivity index (χ0v) is 17.3. The first-order valence-electron chi connectivity index (χ1n) is 9.74. The van der Waals surface area contributed by atoms with Crippen molar-refractivity contribution in [2.45, 2.75) is 32.4 Å². The molecule has 0 saturated heterocycles. The molecule has 0 fully saturated rings. The van der Waals surface area contributed by atoms with Crippen molar-refractivity contribution in [3.8, 4) is 17.2 Å². The van der Waals surface area contributed by atoms with Gasteiger partial charge in [-0.3, -0.25) is 4.79 Å². The molecule has 5 nitrogen and oxygen atoms in total. The van der Waals surface area contributed by atoms with Gasteiger partial charge in [-0.05, 0) is 43.0 Å². The number of nitrogens with one attached hydrogen (secondary N) is 1. The van der Waals surface area contributed by atoms with Gasteiger partial charge in [0.15, 0.2) is 6.10 Å². The molecule has 0 spiro atoms. The smallest absolute Gasteiger partial charge is 0.261 e. The van der Waals surface area contributed by atoms with Crippen LogP contribution in [-0.4, -0.2) is 26.2 Å². The maximum Gasteiger partial charge on any atom is 0.261 e. The van der Waals surface area contributed by atoms with E-state index in [0.717, 1.165) is 16.3 Å². The minimum Gasteiger partial charge on any atom is -0.497 e. The first-order valence-corrected chi connectivity index (χ1v) is 9.74. The monoisotopic (exact) mass is 393 g/mol. The van der Waals surface area contributed by atoms with E-state index in [1.54, 1.807) is 14.2 Å². The van der Waals surface area contributed by atoms with Gasteiger partial charge in [0.2, 0.25) is 0 Å². The Hall–Kier alpha value is -3.21. The summed E-state index contributed by atoms with van der Waals surface area (Å²) in [5, 5.41) is 5.11. The molecule has 29 heavy (non-hydrogen) atoms. The van der Waals surface area contributed by atoms with Crippen molar-refractivity contribution in [3.63, 3.8) is 0 Å². The third-order valence-electron chi connectivity index (χ3n) is 4.94. The zero-order chi connectivity index (χ0) is 20.8. The second-order valence-corrected chi connectivity index (χ2v) is 6.83. The molecule has 3 aromatic carbocycles. The predicted octanol–water partition coefficient (Wildman–Crippen LogP) is 4.89. The zero-order valence-electron chi connectivity index (χ0n) is 17.3. The van der Waals surface area contributed by atoms with Crippen molar-refractivity contribution >= 4 is 16.7 Å². The van der Waals surface area contributed by atoms with E-state index < -0.39 is 6.10 Å². The molecule has 5 heteroatoms. The van der Waals surface area contributed by atoms with E-state index in [0.29, 0.717) is 23.7 Å². The summed E-state index contributed by atoms with van der Waals surface area (Å²) in [4.78, 5) is 12.9. The van der Waals surface area contributed by atoms with E-state index in [1.165, 1.54) is 0 Å². The number of ether oxygens (including phenoxy) is 3. The average molecular weight is 393 g/mol. The lowest BCUT2D eigenvalue weighted by atomic mass is 10.1. The number of benzene rings is 3. The Morgan fingerprint density at radius 2 is 1.72 bits per heavy atom. The van der Waals surface area contributed by atoms with E-state index in [2.05, 4.69) is 5.32 Å². The normalized spacial score (nSPS) is 12.8. The van der Waals surface area contributed by atoms with Crippen LogP contribution in [0.25, 0.3) is 10.8 Å². The molecule has 2 atom stereocenters. The quantitative estimate of drug-likeness (QED) is 0.592. The maximum absolute atomic E-state index is 12.9. The third kappa shape index (κ3) is 4.62. The Labute approximate surface area is 171 Å². The van der Waals surface area contributed by atoms with Gasteiger partial charge in [0.25, 0.3) is 5.91 Å². The van der Waals surface area contributed by atoms with E-state index in [-0.39, 0.29) is 11.9 Å². The topological polar surface area (TPSA) is 56.8 Å². The van der Waals surface area contributed by atoms with Crippen molar-refractivity contribution in [1.82, 2.24) is 5.32 Å². The highest BCUT2D eigenvalue weighted by Gasteiger charge is 2.23. The summed E-state index contributed by atoms with van der Waals surface area (Å²) in [6.45, 7) is 3.85. The van der Waals surface area contributed by atoms with Gasteiger partial charge >= 0.3 is 0 Å². The number of rotatable bonds is 8. The van der Waals surface area contributed by atoms with Crippen LogP contribution in [0.2, 0.25) is 0 Å². The summed E-state index contributed by atoms with van der Waals surface area (Å²) in [5.41, 5.74) is 0.847. The summed E-state index contributed by atoms with van der Waals surface area (Å²) in [5.74, 6) is 1.94. The fraction of sp³-hybridized carbons (Fsp3) is 0.292. The van der Waals surface area contributed by atoms with E-state index >= 15 is 0 Å². The van der Waals surface area contributed by atoms with Gasteiger partial charge < -0.3 is 19.5 Å². The lowest BCUT2D eigenvalue weighted by Crippen LogP contribution is -2.39. The fourth-order valence-corrected chi connectivity index (χ4v) is 3.34. The number of fused-ring (bicyclic) bond motifs is 1. The molecule has 0 heterocycles. The lowest BCUT2D eigenvalue weighted by Gasteiger charge is -2.22. The highest BCUT2D eigenvalue weighted by atomic mass is 16.5. The first kappa shape index (κ1) is 20.5. The molecule has 0 aliphatic carbocycles. The van der Waals surface area contributed by atoms with Crippen LogP contribution in [-0.2, 0) is 4.79 Å². The number of carbonyl (C=O) groups is 1. The standard InChI is InChI=1S/C24H27NO4/c1-5-21(29-23-12-8-10-17-9-6-7-11-19(17)23)24(26)25-16(2)20-15-18(27-3)13-14-22(20)28-4/h6-16,21H,5H2,1-4H3,(H,25,26)/t16-,21+/m1/s1. The van der Waals surface area contributed by atoms with Crippen LogP contribution in [0.15, 0.2) is 60.7 Å². The van der Waals surface area contributed by atoms with Crippen LogP contribution < -0.4 is 19.5 Å². The van der Waals surface area contributed by atoms with Crippen molar-refractivity contribution in [2.24, 2.45) is 0 Å². The predicted molar refractivity (Wildman–Crippen MR) is 115 cm³/mol. The van der Waals surface area contributed by atoms with Gasteiger partial charge in [-0.2, -0.15) is 0 Å². The summed E-state index contributed by atoms with van der Waals surface area (Å²) in [6.07, 6.45) is -0.0448. The minimum atomic E-state index is -0.597. The van der Waals surface area contributed by atoms with Crippen LogP contribution in [0, 0.1) is 0 Å². The van der Waals surface area contributed by atoms with Gasteiger partial charge in [0.05, 0.1) is 20.3 Å². The molecule has 0 aliphatic rings. The molecule has 1 N–H and O–H groups in total. The molecule has 3 rings (SSSR count). The molecule has 3 aromatic rings. The Morgan fingerprint density at radius 1 is 0.966 bits per heavy atom. The van der Waals surface area contributed by atoms with Crippen molar-refractivity contribution in [3.05, 3.63) is 66.2 Å². The molecule has 1 amide bonds. The Morgan fingerprint density at radius 3 is 2.45 bits per heavy atom. The molecule has 0 aliphatic heterocycles. The third-order valence-corrected chi connectivity index (χ3v) is 4.94. The van der Waals surface area contributed by atoms with Crippen LogP contribution in [0.1, 0.15) is 31.9 Å². The van der Waals surface area contributed by atoms with Gasteiger partial charge in [-0.15, -0.1) is 0 Å². The van der Waals surface area contributed by atoms with Crippen LogP contribution in [0.4, 0.5) is 0 Å². The summed E-state index contributed by atoms with van der Waals surface area (Å²) >= 11 is 0. The Bertz CT molecular complexity index is 980. The van der Waals surface area contributed by atoms with Gasteiger partial charge in [0.1, 0.15) is 17.2 Å². The molecular weight excluding hydrogens is 366 g/mol. The summed E-state index contributed by atoms with van der Waals surface area (Å²) in [7, 11) is 3.22. The molecule has 0 saturated carbocycles. The molecule has 0 bridgehead atoms. The van der Waals surface area contributed by atoms with E-state index in [4.69, 9.17) is 14.2 Å². The van der Waals surface area contributed by atoms with Crippen LogP contribution >= 0.6 is 0 Å². The highest BCUT2D eigenvalue weighted by Crippen LogP contribution is 2.30. The highest BCUT2D eigenvalue weighted by molar-refractivity contribution is 5.89. The number of carbonyl (C=O) groups excluding carboxylic acids is 1. The van der Waals surface area contributed by atoms with Crippen molar-refractivity contribution in [1.29, 1.82) is 0 Å². The summed E-state index contributed by atoms with van der Waals surface area (Å²) in [6, 6.07) is 19.1. The van der Waals surface area contributed by atoms with Gasteiger partial charge in [-0.1, -0.05) is 43.3 Å². The van der Waals surface area contributed by atoms with E-state index in [1.807, 2.05) is 74.5 Å². The van der Waals surface area contributed by atoms with Gasteiger partial charge in [0, 0.05) is 10.9 Å². The Kier molecular flexibility index (Phi) is 6.60.